The van der Waals surface area contributed by atoms with Gasteiger partial charge in [0.1, 0.15) is 11.4 Å². The van der Waals surface area contributed by atoms with Crippen LogP contribution in [-0.4, -0.2) is 11.2 Å². The summed E-state index contributed by atoms with van der Waals surface area (Å²) in [5.41, 5.74) is 2.01. The van der Waals surface area contributed by atoms with E-state index in [0.29, 0.717) is 17.1 Å². The van der Waals surface area contributed by atoms with Gasteiger partial charge in [0.2, 0.25) is 0 Å². The Balaban J connectivity index is 1.72. The fraction of sp³-hybridized carbons (Fsp3) is 0.0588. The molecular weight excluding hydrogens is 390 g/mol. The molecule has 2 amide bonds. The fourth-order valence-electron chi connectivity index (χ4n) is 2.05. The topological polar surface area (TPSA) is 67.2 Å². The van der Waals surface area contributed by atoms with E-state index in [0.717, 1.165) is 14.9 Å². The van der Waals surface area contributed by atoms with Crippen molar-refractivity contribution in [1.82, 2.24) is 9.88 Å². The third kappa shape index (κ3) is 3.98. The van der Waals surface area contributed by atoms with Crippen LogP contribution in [0.1, 0.15) is 5.69 Å². The maximum Gasteiger partial charge on any atom is 0.329 e. The van der Waals surface area contributed by atoms with Crippen molar-refractivity contribution in [1.29, 1.82) is 0 Å². The van der Waals surface area contributed by atoms with Crippen molar-refractivity contribution in [2.45, 2.75) is 11.8 Å². The van der Waals surface area contributed by atoms with Gasteiger partial charge in [-0.1, -0.05) is 39.3 Å². The average Bonchev–Trinajstić information content (AvgIpc) is 2.95. The van der Waals surface area contributed by atoms with Crippen molar-refractivity contribution in [3.63, 3.8) is 0 Å². The maximum absolute atomic E-state index is 12.2. The van der Waals surface area contributed by atoms with E-state index in [1.54, 1.807) is 6.92 Å². The molecule has 3 aromatic rings. The molecule has 2 aromatic carbocycles. The zero-order chi connectivity index (χ0) is 16.9. The van der Waals surface area contributed by atoms with Crippen LogP contribution in [0.25, 0.3) is 11.3 Å². The van der Waals surface area contributed by atoms with E-state index < -0.39 is 0 Å². The number of carbonyl (C=O) groups excluding carboxylic acids is 1. The minimum Gasteiger partial charge on any atom is -0.354 e. The number of amides is 2. The lowest BCUT2D eigenvalue weighted by Crippen LogP contribution is -2.23. The summed E-state index contributed by atoms with van der Waals surface area (Å²) in [6.07, 6.45) is 0. The summed E-state index contributed by atoms with van der Waals surface area (Å²) in [5.74, 6) is 0.528. The summed E-state index contributed by atoms with van der Waals surface area (Å²) in [6, 6.07) is 16.9. The SMILES string of the molecule is Cc1noc(-c2ccc(Br)cc2)c1NC(=O)NSc1ccccc1. The van der Waals surface area contributed by atoms with Gasteiger partial charge in [0.05, 0.1) is 0 Å². The number of halogens is 1. The molecule has 0 saturated heterocycles. The van der Waals surface area contributed by atoms with Crippen LogP contribution in [-0.2, 0) is 0 Å². The first kappa shape index (κ1) is 16.6. The second-order valence-corrected chi connectivity index (χ2v) is 6.75. The molecule has 24 heavy (non-hydrogen) atoms. The third-order valence-corrected chi connectivity index (χ3v) is 4.54. The van der Waals surface area contributed by atoms with Crippen molar-refractivity contribution in [2.75, 3.05) is 5.32 Å². The number of nitrogens with zero attached hydrogens (tertiary/aromatic N) is 1. The Morgan fingerprint density at radius 3 is 2.54 bits per heavy atom. The first-order valence-corrected chi connectivity index (χ1v) is 8.75. The quantitative estimate of drug-likeness (QED) is 0.584. The van der Waals surface area contributed by atoms with Gasteiger partial charge in [-0.05, 0) is 55.3 Å². The second kappa shape index (κ2) is 7.55. The summed E-state index contributed by atoms with van der Waals surface area (Å²) in [4.78, 5) is 13.1. The van der Waals surface area contributed by atoms with Crippen molar-refractivity contribution in [3.05, 3.63) is 64.8 Å². The van der Waals surface area contributed by atoms with Crippen LogP contribution in [0.15, 0.2) is 68.5 Å². The lowest BCUT2D eigenvalue weighted by Gasteiger charge is -2.07. The van der Waals surface area contributed by atoms with E-state index in [4.69, 9.17) is 4.52 Å². The molecule has 0 aliphatic heterocycles. The molecule has 1 heterocycles. The lowest BCUT2D eigenvalue weighted by molar-refractivity contribution is 0.257. The van der Waals surface area contributed by atoms with Gasteiger partial charge < -0.3 is 9.84 Å². The molecule has 5 nitrogen and oxygen atoms in total. The first-order chi connectivity index (χ1) is 11.6. The van der Waals surface area contributed by atoms with E-state index in [1.165, 1.54) is 11.9 Å². The zero-order valence-electron chi connectivity index (χ0n) is 12.7. The minimum atomic E-state index is -0.339. The predicted octanol–water partition coefficient (Wildman–Crippen LogP) is 5.24. The number of hydrogen-bond donors (Lipinski definition) is 2. The van der Waals surface area contributed by atoms with Crippen LogP contribution in [0, 0.1) is 6.92 Å². The molecule has 2 N–H and O–H groups in total. The Labute approximate surface area is 152 Å². The van der Waals surface area contributed by atoms with Crippen molar-refractivity contribution in [2.24, 2.45) is 0 Å². The number of aromatic nitrogens is 1. The van der Waals surface area contributed by atoms with Crippen molar-refractivity contribution < 1.29 is 9.32 Å². The molecule has 0 atom stereocenters. The van der Waals surface area contributed by atoms with Gasteiger partial charge in [-0.15, -0.1) is 0 Å². The van der Waals surface area contributed by atoms with Crippen LogP contribution in [0.4, 0.5) is 10.5 Å². The van der Waals surface area contributed by atoms with Gasteiger partial charge in [0, 0.05) is 14.9 Å². The van der Waals surface area contributed by atoms with Crippen molar-refractivity contribution >= 4 is 39.6 Å². The highest BCUT2D eigenvalue weighted by Gasteiger charge is 2.17. The molecule has 0 saturated carbocycles. The summed E-state index contributed by atoms with van der Waals surface area (Å²) in [6.45, 7) is 1.78. The van der Waals surface area contributed by atoms with Gasteiger partial charge >= 0.3 is 6.03 Å². The van der Waals surface area contributed by atoms with Gasteiger partial charge in [0.25, 0.3) is 0 Å². The maximum atomic E-state index is 12.2. The molecule has 0 spiro atoms. The Morgan fingerprint density at radius 2 is 1.83 bits per heavy atom. The second-order valence-electron chi connectivity index (χ2n) is 4.95. The summed E-state index contributed by atoms with van der Waals surface area (Å²) in [5, 5.41) is 6.75. The zero-order valence-corrected chi connectivity index (χ0v) is 15.1. The Morgan fingerprint density at radius 1 is 1.12 bits per heavy atom. The van der Waals surface area contributed by atoms with E-state index in [-0.39, 0.29) is 6.03 Å². The van der Waals surface area contributed by atoms with Gasteiger partial charge in [-0.25, -0.2) is 4.79 Å². The van der Waals surface area contributed by atoms with Crippen LogP contribution >= 0.6 is 27.9 Å². The predicted molar refractivity (Wildman–Crippen MR) is 98.8 cm³/mol. The number of benzene rings is 2. The van der Waals surface area contributed by atoms with Crippen LogP contribution in [0.2, 0.25) is 0 Å². The van der Waals surface area contributed by atoms with E-state index in [1.807, 2.05) is 54.6 Å². The van der Waals surface area contributed by atoms with Crippen LogP contribution in [0.3, 0.4) is 0 Å². The highest BCUT2D eigenvalue weighted by atomic mass is 79.9. The van der Waals surface area contributed by atoms with Gasteiger partial charge in [-0.3, -0.25) is 4.72 Å². The number of urea groups is 1. The number of aryl methyl sites for hydroxylation is 1. The number of rotatable bonds is 4. The largest absolute Gasteiger partial charge is 0.354 e. The Kier molecular flexibility index (Phi) is 5.22. The molecule has 0 radical (unpaired) electrons. The summed E-state index contributed by atoms with van der Waals surface area (Å²) in [7, 11) is 0. The normalized spacial score (nSPS) is 10.4. The molecule has 3 rings (SSSR count). The molecule has 7 heteroatoms. The van der Waals surface area contributed by atoms with Crippen LogP contribution in [0.5, 0.6) is 0 Å². The molecular formula is C17H14BrN3O2S. The number of hydrogen-bond acceptors (Lipinski definition) is 4. The standard InChI is InChI=1S/C17H14BrN3O2S/c1-11-15(16(23-20-11)12-7-9-13(18)10-8-12)19-17(22)21-24-14-5-3-2-4-6-14/h2-10H,1H3,(H2,19,21,22). The summed E-state index contributed by atoms with van der Waals surface area (Å²) < 4.78 is 9.08. The van der Waals surface area contributed by atoms with E-state index in [9.17, 15) is 4.79 Å². The number of carbonyl (C=O) groups is 1. The molecule has 0 bridgehead atoms. The monoisotopic (exact) mass is 403 g/mol. The number of nitrogens with one attached hydrogen (secondary N) is 2. The third-order valence-electron chi connectivity index (χ3n) is 3.21. The van der Waals surface area contributed by atoms with Gasteiger partial charge in [-0.2, -0.15) is 0 Å². The van der Waals surface area contributed by atoms with Gasteiger partial charge in [0.15, 0.2) is 5.76 Å². The fourth-order valence-corrected chi connectivity index (χ4v) is 2.87. The van der Waals surface area contributed by atoms with Crippen LogP contribution < -0.4 is 10.0 Å². The molecule has 0 unspecified atom stereocenters. The highest BCUT2D eigenvalue weighted by molar-refractivity contribution is 9.10. The Hall–Kier alpha value is -2.25. The Bertz CT molecular complexity index is 835. The van der Waals surface area contributed by atoms with Crippen molar-refractivity contribution in [3.8, 4) is 11.3 Å². The molecule has 122 valence electrons. The molecule has 1 aromatic heterocycles. The molecule has 0 aliphatic carbocycles. The highest BCUT2D eigenvalue weighted by Crippen LogP contribution is 2.31. The minimum absolute atomic E-state index is 0.339. The lowest BCUT2D eigenvalue weighted by atomic mass is 10.1. The number of anilines is 1. The van der Waals surface area contributed by atoms with E-state index in [2.05, 4.69) is 31.1 Å². The molecule has 0 fully saturated rings. The molecule has 0 aliphatic rings. The van der Waals surface area contributed by atoms with E-state index >= 15 is 0 Å². The summed E-state index contributed by atoms with van der Waals surface area (Å²) >= 11 is 4.64. The average molecular weight is 404 g/mol. The smallest absolute Gasteiger partial charge is 0.329 e. The first-order valence-electron chi connectivity index (χ1n) is 7.14.